The Labute approximate surface area is 222 Å². The fourth-order valence-corrected chi connectivity index (χ4v) is 4.17. The molecule has 204 valence electrons. The van der Waals surface area contributed by atoms with Gasteiger partial charge in [-0.15, -0.1) is 0 Å². The molecule has 1 saturated heterocycles. The molecule has 38 heavy (non-hydrogen) atoms. The zero-order chi connectivity index (χ0) is 27.7. The summed E-state index contributed by atoms with van der Waals surface area (Å²) in [7, 11) is 0. The van der Waals surface area contributed by atoms with Gasteiger partial charge in [-0.1, -0.05) is 62.4 Å². The van der Waals surface area contributed by atoms with Gasteiger partial charge in [0, 0.05) is 12.1 Å². The highest BCUT2D eigenvalue weighted by molar-refractivity contribution is 5.95. The maximum absolute atomic E-state index is 13.4. The fourth-order valence-electron chi connectivity index (χ4n) is 4.17. The standard InChI is InChI=1S/C28H35N3O7/c1-18(2)24(30-25(33)19(3)29-28(36)38-21-13-8-5-9-14-21)26(34)31-16-10-15-22(31)23(32)17-37-27(35)20-11-6-4-7-12-20/h4-9,11-14,18-19,22,24,27,35H,10,15-17H2,1-3H3,(H,29,36)(H,30,33). The van der Waals surface area contributed by atoms with E-state index in [1.54, 1.807) is 74.5 Å². The van der Waals surface area contributed by atoms with Crippen LogP contribution in [0.2, 0.25) is 0 Å². The molecule has 0 bridgehead atoms. The predicted octanol–water partition coefficient (Wildman–Crippen LogP) is 2.57. The van der Waals surface area contributed by atoms with Crippen LogP contribution in [0.15, 0.2) is 60.7 Å². The molecule has 4 atom stereocenters. The van der Waals surface area contributed by atoms with Crippen LogP contribution >= 0.6 is 0 Å². The zero-order valence-corrected chi connectivity index (χ0v) is 21.8. The molecule has 0 aromatic heterocycles. The topological polar surface area (TPSA) is 134 Å². The quantitative estimate of drug-likeness (QED) is 0.384. The first-order valence-corrected chi connectivity index (χ1v) is 12.7. The third-order valence-corrected chi connectivity index (χ3v) is 6.29. The van der Waals surface area contributed by atoms with E-state index in [0.717, 1.165) is 0 Å². The normalized spacial score (nSPS) is 17.4. The summed E-state index contributed by atoms with van der Waals surface area (Å²) < 4.78 is 10.5. The molecular weight excluding hydrogens is 490 g/mol. The van der Waals surface area contributed by atoms with Crippen LogP contribution in [-0.2, 0) is 19.1 Å². The zero-order valence-electron chi connectivity index (χ0n) is 21.8. The van der Waals surface area contributed by atoms with Crippen LogP contribution in [0.25, 0.3) is 0 Å². The van der Waals surface area contributed by atoms with E-state index in [0.29, 0.717) is 30.7 Å². The van der Waals surface area contributed by atoms with Crippen LogP contribution in [0.3, 0.4) is 0 Å². The molecule has 3 N–H and O–H groups in total. The summed E-state index contributed by atoms with van der Waals surface area (Å²) in [5.41, 5.74) is 0.526. The van der Waals surface area contributed by atoms with Gasteiger partial charge in [0.05, 0.1) is 6.04 Å². The van der Waals surface area contributed by atoms with Crippen molar-refractivity contribution < 1.29 is 33.8 Å². The van der Waals surface area contributed by atoms with Gasteiger partial charge in [0.2, 0.25) is 11.8 Å². The van der Waals surface area contributed by atoms with Gasteiger partial charge in [-0.3, -0.25) is 14.4 Å². The minimum Gasteiger partial charge on any atom is -0.410 e. The molecule has 2 aromatic rings. The van der Waals surface area contributed by atoms with E-state index in [9.17, 15) is 24.3 Å². The number of rotatable bonds is 11. The van der Waals surface area contributed by atoms with Crippen LogP contribution in [0.1, 0.15) is 45.5 Å². The molecule has 1 fully saturated rings. The van der Waals surface area contributed by atoms with Crippen molar-refractivity contribution in [1.29, 1.82) is 0 Å². The number of aliphatic hydroxyl groups excluding tert-OH is 1. The molecule has 0 radical (unpaired) electrons. The van der Waals surface area contributed by atoms with Gasteiger partial charge in [0.25, 0.3) is 0 Å². The van der Waals surface area contributed by atoms with Gasteiger partial charge < -0.3 is 30.1 Å². The molecule has 10 nitrogen and oxygen atoms in total. The Morgan fingerprint density at radius 2 is 1.61 bits per heavy atom. The number of nitrogens with one attached hydrogen (secondary N) is 2. The van der Waals surface area contributed by atoms with Crippen molar-refractivity contribution in [3.8, 4) is 5.75 Å². The van der Waals surface area contributed by atoms with E-state index in [1.807, 2.05) is 0 Å². The number of ether oxygens (including phenoxy) is 2. The van der Waals surface area contributed by atoms with Gasteiger partial charge in [0.15, 0.2) is 12.1 Å². The molecule has 0 spiro atoms. The molecular formula is C28H35N3O7. The molecule has 2 aromatic carbocycles. The van der Waals surface area contributed by atoms with E-state index in [-0.39, 0.29) is 24.2 Å². The lowest BCUT2D eigenvalue weighted by atomic mass is 10.0. The predicted molar refractivity (Wildman–Crippen MR) is 139 cm³/mol. The Kier molecular flexibility index (Phi) is 10.4. The second kappa shape index (κ2) is 13.7. The maximum Gasteiger partial charge on any atom is 0.413 e. The van der Waals surface area contributed by atoms with E-state index < -0.39 is 36.4 Å². The largest absolute Gasteiger partial charge is 0.413 e. The number of carbonyl (C=O) groups is 4. The monoisotopic (exact) mass is 525 g/mol. The molecule has 4 unspecified atom stereocenters. The summed E-state index contributed by atoms with van der Waals surface area (Å²) in [6.45, 7) is 5.08. The Morgan fingerprint density at radius 1 is 0.974 bits per heavy atom. The lowest BCUT2D eigenvalue weighted by Gasteiger charge is -2.31. The molecule has 1 aliphatic heterocycles. The number of hydrogen-bond acceptors (Lipinski definition) is 7. The summed E-state index contributed by atoms with van der Waals surface area (Å²) >= 11 is 0. The number of Topliss-reactive ketones (excluding diaryl/α,β-unsaturated/α-hetero) is 1. The van der Waals surface area contributed by atoms with Crippen LogP contribution in [0.4, 0.5) is 4.79 Å². The van der Waals surface area contributed by atoms with Crippen molar-refractivity contribution in [3.05, 3.63) is 66.2 Å². The number of carbonyl (C=O) groups excluding carboxylic acids is 4. The van der Waals surface area contributed by atoms with Crippen molar-refractivity contribution in [1.82, 2.24) is 15.5 Å². The van der Waals surface area contributed by atoms with Crippen molar-refractivity contribution in [2.75, 3.05) is 13.2 Å². The van der Waals surface area contributed by atoms with Crippen LogP contribution in [-0.4, -0.2) is 65.0 Å². The number of ketones is 1. The highest BCUT2D eigenvalue weighted by Gasteiger charge is 2.39. The smallest absolute Gasteiger partial charge is 0.410 e. The van der Waals surface area contributed by atoms with Crippen LogP contribution in [0.5, 0.6) is 5.75 Å². The van der Waals surface area contributed by atoms with E-state index in [1.165, 1.54) is 11.8 Å². The first-order valence-electron chi connectivity index (χ1n) is 12.7. The van der Waals surface area contributed by atoms with Gasteiger partial charge in [0.1, 0.15) is 24.4 Å². The fraction of sp³-hybridized carbons (Fsp3) is 0.429. The first-order chi connectivity index (χ1) is 18.2. The van der Waals surface area contributed by atoms with Crippen molar-refractivity contribution in [2.45, 2.75) is 58.0 Å². The molecule has 3 rings (SSSR count). The summed E-state index contributed by atoms with van der Waals surface area (Å²) in [6, 6.07) is 14.5. The Balaban J connectivity index is 1.56. The number of amides is 3. The average molecular weight is 526 g/mol. The molecule has 3 amide bonds. The summed E-state index contributed by atoms with van der Waals surface area (Å²) in [4.78, 5) is 52.8. The number of para-hydroxylation sites is 1. The highest BCUT2D eigenvalue weighted by atomic mass is 16.6. The summed E-state index contributed by atoms with van der Waals surface area (Å²) in [5.74, 6) is -1.20. The van der Waals surface area contributed by atoms with Gasteiger partial charge >= 0.3 is 6.09 Å². The number of hydrogen-bond donors (Lipinski definition) is 3. The molecule has 1 aliphatic rings. The number of likely N-dealkylation sites (tertiary alicyclic amines) is 1. The van der Waals surface area contributed by atoms with E-state index in [4.69, 9.17) is 9.47 Å². The first kappa shape index (κ1) is 28.8. The van der Waals surface area contributed by atoms with Crippen molar-refractivity contribution in [3.63, 3.8) is 0 Å². The van der Waals surface area contributed by atoms with Crippen molar-refractivity contribution in [2.24, 2.45) is 5.92 Å². The Morgan fingerprint density at radius 3 is 2.24 bits per heavy atom. The number of benzene rings is 2. The third kappa shape index (κ3) is 7.87. The van der Waals surface area contributed by atoms with E-state index >= 15 is 0 Å². The molecule has 1 heterocycles. The lowest BCUT2D eigenvalue weighted by Crippen LogP contribution is -2.57. The third-order valence-electron chi connectivity index (χ3n) is 6.29. The summed E-state index contributed by atoms with van der Waals surface area (Å²) in [6.07, 6.45) is -0.951. The SMILES string of the molecule is CC(NC(=O)Oc1ccccc1)C(=O)NC(C(=O)N1CCCC1C(=O)COC(O)c1ccccc1)C(C)C. The molecule has 0 aliphatic carbocycles. The van der Waals surface area contributed by atoms with E-state index in [2.05, 4.69) is 10.6 Å². The Bertz CT molecular complexity index is 1090. The van der Waals surface area contributed by atoms with Gasteiger partial charge in [-0.2, -0.15) is 0 Å². The lowest BCUT2D eigenvalue weighted by molar-refractivity contribution is -0.149. The number of nitrogens with zero attached hydrogens (tertiary/aromatic N) is 1. The number of aliphatic hydroxyl groups is 1. The maximum atomic E-state index is 13.4. The Hall–Kier alpha value is -3.76. The highest BCUT2D eigenvalue weighted by Crippen LogP contribution is 2.22. The molecule has 10 heteroatoms. The van der Waals surface area contributed by atoms with Crippen LogP contribution < -0.4 is 15.4 Å². The minimum atomic E-state index is -1.25. The van der Waals surface area contributed by atoms with Gasteiger partial charge in [-0.25, -0.2) is 4.79 Å². The molecule has 0 saturated carbocycles. The van der Waals surface area contributed by atoms with Crippen LogP contribution in [0, 0.1) is 5.92 Å². The summed E-state index contributed by atoms with van der Waals surface area (Å²) in [5, 5.41) is 15.4. The van der Waals surface area contributed by atoms with Crippen molar-refractivity contribution >= 4 is 23.7 Å². The second-order valence-corrected chi connectivity index (χ2v) is 9.53. The van der Waals surface area contributed by atoms with Gasteiger partial charge in [-0.05, 0) is 37.8 Å². The average Bonchev–Trinajstić information content (AvgIpc) is 3.40. The minimum absolute atomic E-state index is 0.276. The second-order valence-electron chi connectivity index (χ2n) is 9.53.